The molecule has 0 saturated carbocycles. The van der Waals surface area contributed by atoms with Crippen molar-refractivity contribution in [2.45, 2.75) is 18.2 Å². The van der Waals surface area contributed by atoms with Crippen molar-refractivity contribution < 1.29 is 8.42 Å². The van der Waals surface area contributed by atoms with Crippen LogP contribution in [0.2, 0.25) is 5.02 Å². The summed E-state index contributed by atoms with van der Waals surface area (Å²) in [6.07, 6.45) is 3.32. The fourth-order valence-corrected chi connectivity index (χ4v) is 3.30. The lowest BCUT2D eigenvalue weighted by molar-refractivity contribution is 0.581. The lowest BCUT2D eigenvalue weighted by atomic mass is 10.1. The zero-order chi connectivity index (χ0) is 14.6. The molecule has 0 atom stereocenters. The fraction of sp³-hybridized carbons (Fsp3) is 0.214. The second-order valence-corrected chi connectivity index (χ2v) is 6.59. The summed E-state index contributed by atoms with van der Waals surface area (Å²) in [5, 5.41) is 0.169. The summed E-state index contributed by atoms with van der Waals surface area (Å²) >= 11 is 5.87. The smallest absolute Gasteiger partial charge is 0.243 e. The molecule has 0 bridgehead atoms. The monoisotopic (exact) mass is 310 g/mol. The maximum absolute atomic E-state index is 12.1. The Morgan fingerprint density at radius 2 is 2.10 bits per heavy atom. The van der Waals surface area contributed by atoms with Crippen LogP contribution in [0.1, 0.15) is 11.1 Å². The summed E-state index contributed by atoms with van der Waals surface area (Å²) in [7, 11) is -3.62. The highest BCUT2D eigenvalue weighted by Crippen LogP contribution is 2.18. The van der Waals surface area contributed by atoms with Crippen molar-refractivity contribution in [3.8, 4) is 0 Å². The molecule has 0 aliphatic rings. The number of nitrogens with zero attached hydrogens (tertiary/aromatic N) is 1. The molecule has 0 radical (unpaired) electrons. The van der Waals surface area contributed by atoms with Gasteiger partial charge < -0.3 is 0 Å². The zero-order valence-electron chi connectivity index (χ0n) is 11.0. The van der Waals surface area contributed by atoms with E-state index in [2.05, 4.69) is 9.71 Å². The molecule has 0 fully saturated rings. The lowest BCUT2D eigenvalue weighted by Crippen LogP contribution is -2.26. The number of aromatic nitrogens is 1. The van der Waals surface area contributed by atoms with Crippen molar-refractivity contribution in [2.24, 2.45) is 0 Å². The first-order valence-corrected chi connectivity index (χ1v) is 8.00. The van der Waals surface area contributed by atoms with Gasteiger partial charge in [0, 0.05) is 18.9 Å². The number of aryl methyl sites for hydroxylation is 1. The summed E-state index contributed by atoms with van der Waals surface area (Å²) in [5.74, 6) is 0. The van der Waals surface area contributed by atoms with Crippen LogP contribution >= 0.6 is 11.6 Å². The van der Waals surface area contributed by atoms with Gasteiger partial charge in [0.15, 0.2) is 0 Å². The minimum absolute atomic E-state index is 0.00547. The van der Waals surface area contributed by atoms with E-state index in [0.29, 0.717) is 13.0 Å². The number of pyridine rings is 1. The predicted molar refractivity (Wildman–Crippen MR) is 79.3 cm³/mol. The average Bonchev–Trinajstić information content (AvgIpc) is 2.39. The third kappa shape index (κ3) is 3.79. The molecule has 2 aromatic rings. The Hall–Kier alpha value is -1.43. The molecule has 0 amide bonds. The average molecular weight is 311 g/mol. The molecule has 1 N–H and O–H groups in total. The predicted octanol–water partition coefficient (Wildman–Crippen LogP) is 2.56. The second-order valence-electron chi connectivity index (χ2n) is 4.44. The minimum Gasteiger partial charge on any atom is -0.263 e. The molecule has 20 heavy (non-hydrogen) atoms. The topological polar surface area (TPSA) is 59.1 Å². The first-order valence-electron chi connectivity index (χ1n) is 6.14. The maximum Gasteiger partial charge on any atom is 0.243 e. The van der Waals surface area contributed by atoms with E-state index in [1.54, 1.807) is 0 Å². The molecule has 0 unspecified atom stereocenters. The van der Waals surface area contributed by atoms with E-state index in [1.807, 2.05) is 31.2 Å². The minimum atomic E-state index is -3.62. The van der Waals surface area contributed by atoms with E-state index in [0.717, 1.165) is 11.1 Å². The van der Waals surface area contributed by atoms with E-state index in [4.69, 9.17) is 11.6 Å². The van der Waals surface area contributed by atoms with Crippen LogP contribution in [0.3, 0.4) is 0 Å². The van der Waals surface area contributed by atoms with Crippen LogP contribution in [-0.2, 0) is 16.4 Å². The Morgan fingerprint density at radius 3 is 2.80 bits per heavy atom. The van der Waals surface area contributed by atoms with E-state index in [9.17, 15) is 8.42 Å². The summed E-state index contributed by atoms with van der Waals surface area (Å²) < 4.78 is 26.7. The molecule has 0 aliphatic heterocycles. The van der Waals surface area contributed by atoms with E-state index >= 15 is 0 Å². The number of hydrogen-bond acceptors (Lipinski definition) is 3. The van der Waals surface area contributed by atoms with Gasteiger partial charge in [-0.1, -0.05) is 41.4 Å². The van der Waals surface area contributed by atoms with E-state index in [1.165, 1.54) is 18.5 Å². The van der Waals surface area contributed by atoms with Gasteiger partial charge in [0.1, 0.15) is 4.90 Å². The summed E-state index contributed by atoms with van der Waals surface area (Å²) in [6.45, 7) is 2.32. The van der Waals surface area contributed by atoms with Gasteiger partial charge >= 0.3 is 0 Å². The number of rotatable bonds is 5. The van der Waals surface area contributed by atoms with Gasteiger partial charge in [-0.15, -0.1) is 0 Å². The van der Waals surface area contributed by atoms with Gasteiger partial charge in [-0.25, -0.2) is 13.1 Å². The Balaban J connectivity index is 2.02. The number of nitrogens with one attached hydrogen (secondary N) is 1. The van der Waals surface area contributed by atoms with Crippen LogP contribution in [0.25, 0.3) is 0 Å². The molecular formula is C14H15ClN2O2S. The summed E-state index contributed by atoms with van der Waals surface area (Å²) in [4.78, 5) is 3.79. The van der Waals surface area contributed by atoms with Crippen molar-refractivity contribution in [1.82, 2.24) is 9.71 Å². The molecule has 0 aliphatic carbocycles. The maximum atomic E-state index is 12.1. The van der Waals surface area contributed by atoms with Crippen molar-refractivity contribution in [1.29, 1.82) is 0 Å². The fourth-order valence-electron chi connectivity index (χ4n) is 1.84. The Labute approximate surface area is 123 Å². The molecule has 1 aromatic heterocycles. The molecule has 106 valence electrons. The molecule has 0 spiro atoms. The van der Waals surface area contributed by atoms with Crippen molar-refractivity contribution >= 4 is 21.6 Å². The molecule has 0 saturated heterocycles. The van der Waals surface area contributed by atoms with Crippen LogP contribution < -0.4 is 4.72 Å². The normalized spacial score (nSPS) is 11.5. The van der Waals surface area contributed by atoms with Crippen molar-refractivity contribution in [2.75, 3.05) is 6.54 Å². The van der Waals surface area contributed by atoms with Gasteiger partial charge in [-0.05, 0) is 25.0 Å². The van der Waals surface area contributed by atoms with Gasteiger partial charge in [-0.2, -0.15) is 0 Å². The highest BCUT2D eigenvalue weighted by molar-refractivity contribution is 7.89. The molecule has 4 nitrogen and oxygen atoms in total. The number of hydrogen-bond donors (Lipinski definition) is 1. The first kappa shape index (κ1) is 15.0. The zero-order valence-corrected chi connectivity index (χ0v) is 12.6. The summed E-state index contributed by atoms with van der Waals surface area (Å²) in [6, 6.07) is 9.42. The highest BCUT2D eigenvalue weighted by Gasteiger charge is 2.17. The van der Waals surface area contributed by atoms with Crippen LogP contribution in [0.5, 0.6) is 0 Å². The Morgan fingerprint density at radius 1 is 1.30 bits per heavy atom. The van der Waals surface area contributed by atoms with Gasteiger partial charge in [0.05, 0.1) is 5.02 Å². The SMILES string of the molecule is Cc1cccc(CCNS(=O)(=O)c2cnccc2Cl)c1. The van der Waals surface area contributed by atoms with Crippen LogP contribution in [-0.4, -0.2) is 19.9 Å². The van der Waals surface area contributed by atoms with Gasteiger partial charge in [0.25, 0.3) is 0 Å². The lowest BCUT2D eigenvalue weighted by Gasteiger charge is -2.08. The molecule has 6 heteroatoms. The Kier molecular flexibility index (Phi) is 4.75. The third-order valence-corrected chi connectivity index (χ3v) is 4.74. The van der Waals surface area contributed by atoms with Crippen LogP contribution in [0.15, 0.2) is 47.6 Å². The Bertz CT molecular complexity index is 702. The third-order valence-electron chi connectivity index (χ3n) is 2.81. The quantitative estimate of drug-likeness (QED) is 0.923. The first-order chi connectivity index (χ1) is 9.49. The highest BCUT2D eigenvalue weighted by atomic mass is 35.5. The molecule has 2 rings (SSSR count). The van der Waals surface area contributed by atoms with Gasteiger partial charge in [0.2, 0.25) is 10.0 Å². The van der Waals surface area contributed by atoms with Crippen LogP contribution in [0, 0.1) is 6.92 Å². The standard InChI is InChI=1S/C14H15ClN2O2S/c1-11-3-2-4-12(9-11)5-8-17-20(18,19)14-10-16-7-6-13(14)15/h2-4,6-7,9-10,17H,5,8H2,1H3. The largest absolute Gasteiger partial charge is 0.263 e. The molecule has 1 aromatic carbocycles. The number of halogens is 1. The number of benzene rings is 1. The number of sulfonamides is 1. The van der Waals surface area contributed by atoms with Crippen LogP contribution in [0.4, 0.5) is 0 Å². The van der Waals surface area contributed by atoms with Gasteiger partial charge in [-0.3, -0.25) is 4.98 Å². The summed E-state index contributed by atoms with van der Waals surface area (Å²) in [5.41, 5.74) is 2.24. The molecule has 1 heterocycles. The van der Waals surface area contributed by atoms with Crippen molar-refractivity contribution in [3.63, 3.8) is 0 Å². The van der Waals surface area contributed by atoms with Crippen molar-refractivity contribution in [3.05, 3.63) is 58.9 Å². The second kappa shape index (κ2) is 6.35. The van der Waals surface area contributed by atoms with E-state index in [-0.39, 0.29) is 9.92 Å². The molecular weight excluding hydrogens is 296 g/mol. The van der Waals surface area contributed by atoms with E-state index < -0.39 is 10.0 Å².